The Balaban J connectivity index is 1.31. The van der Waals surface area contributed by atoms with Crippen molar-refractivity contribution in [3.63, 3.8) is 0 Å². The molecule has 3 amide bonds. The number of aryl methyl sites for hydroxylation is 1. The first-order chi connectivity index (χ1) is 15.8. The number of amides is 3. The lowest BCUT2D eigenvalue weighted by molar-refractivity contribution is -0.149. The fourth-order valence-corrected chi connectivity index (χ4v) is 4.25. The standard InChI is InChI=1S/C24H21N3O5S/c1-14-7-3-6-10-19(14)26-20(28)11-21-25-16(13-33-21)12-32-24(31)15(2)27-22(29)17-8-4-5-9-18(17)23(27)30/h3-10,13,15H,11-12H2,1-2H3,(H,26,28). The molecule has 33 heavy (non-hydrogen) atoms. The van der Waals surface area contributed by atoms with E-state index in [9.17, 15) is 19.2 Å². The highest BCUT2D eigenvalue weighted by atomic mass is 32.1. The van der Waals surface area contributed by atoms with Gasteiger partial charge in [0.25, 0.3) is 11.8 Å². The number of thiazole rings is 1. The number of fused-ring (bicyclic) bond motifs is 1. The molecule has 3 aromatic rings. The number of benzene rings is 2. The second-order valence-electron chi connectivity index (χ2n) is 7.58. The van der Waals surface area contributed by atoms with E-state index in [1.165, 1.54) is 18.3 Å². The highest BCUT2D eigenvalue weighted by Gasteiger charge is 2.41. The summed E-state index contributed by atoms with van der Waals surface area (Å²) in [5, 5.41) is 5.14. The molecule has 0 aliphatic carbocycles. The maximum atomic E-state index is 12.5. The summed E-state index contributed by atoms with van der Waals surface area (Å²) >= 11 is 1.29. The van der Waals surface area contributed by atoms with Gasteiger partial charge in [0.2, 0.25) is 5.91 Å². The van der Waals surface area contributed by atoms with E-state index in [2.05, 4.69) is 10.3 Å². The minimum absolute atomic E-state index is 0.0956. The monoisotopic (exact) mass is 463 g/mol. The van der Waals surface area contributed by atoms with Crippen LogP contribution in [0.15, 0.2) is 53.9 Å². The van der Waals surface area contributed by atoms with Crippen LogP contribution in [0.1, 0.15) is 43.9 Å². The Morgan fingerprint density at radius 1 is 1.06 bits per heavy atom. The number of nitrogens with one attached hydrogen (secondary N) is 1. The molecule has 1 N–H and O–H groups in total. The summed E-state index contributed by atoms with van der Waals surface area (Å²) in [6.45, 7) is 3.24. The molecule has 0 saturated carbocycles. The first-order valence-corrected chi connectivity index (χ1v) is 11.2. The fraction of sp³-hybridized carbons (Fsp3) is 0.208. The van der Waals surface area contributed by atoms with Crippen molar-refractivity contribution in [3.8, 4) is 0 Å². The number of hydrogen-bond acceptors (Lipinski definition) is 7. The van der Waals surface area contributed by atoms with Gasteiger partial charge >= 0.3 is 5.97 Å². The normalized spacial score (nSPS) is 13.6. The predicted molar refractivity (Wildman–Crippen MR) is 122 cm³/mol. The van der Waals surface area contributed by atoms with Crippen LogP contribution in [0.5, 0.6) is 0 Å². The summed E-state index contributed by atoms with van der Waals surface area (Å²) in [5.41, 5.74) is 2.74. The van der Waals surface area contributed by atoms with E-state index in [4.69, 9.17) is 4.74 Å². The molecule has 1 aliphatic rings. The largest absolute Gasteiger partial charge is 0.458 e. The molecule has 0 spiro atoms. The Bertz CT molecular complexity index is 1220. The number of imide groups is 1. The number of anilines is 1. The third-order valence-corrected chi connectivity index (χ3v) is 6.14. The topological polar surface area (TPSA) is 106 Å². The zero-order valence-electron chi connectivity index (χ0n) is 18.0. The van der Waals surface area contributed by atoms with E-state index in [0.29, 0.717) is 10.7 Å². The van der Waals surface area contributed by atoms with Gasteiger partial charge in [-0.15, -0.1) is 11.3 Å². The van der Waals surface area contributed by atoms with Crippen LogP contribution in [0.25, 0.3) is 0 Å². The summed E-state index contributed by atoms with van der Waals surface area (Å²) in [4.78, 5) is 55.1. The van der Waals surface area contributed by atoms with Crippen molar-refractivity contribution in [2.75, 3.05) is 5.32 Å². The van der Waals surface area contributed by atoms with E-state index in [-0.39, 0.29) is 30.1 Å². The van der Waals surface area contributed by atoms with E-state index in [1.807, 2.05) is 31.2 Å². The van der Waals surface area contributed by atoms with E-state index < -0.39 is 23.8 Å². The Labute approximate surface area is 194 Å². The van der Waals surface area contributed by atoms with Crippen LogP contribution in [0.3, 0.4) is 0 Å². The molecule has 1 aliphatic heterocycles. The van der Waals surface area contributed by atoms with Crippen molar-refractivity contribution < 1.29 is 23.9 Å². The molecule has 0 saturated heterocycles. The molecule has 2 heterocycles. The molecule has 0 fully saturated rings. The van der Waals surface area contributed by atoms with Crippen LogP contribution in [-0.2, 0) is 27.4 Å². The lowest BCUT2D eigenvalue weighted by atomic mass is 10.1. The smallest absolute Gasteiger partial charge is 0.329 e. The molecule has 168 valence electrons. The molecule has 8 nitrogen and oxygen atoms in total. The zero-order valence-corrected chi connectivity index (χ0v) is 18.8. The van der Waals surface area contributed by atoms with Gasteiger partial charge in [-0.25, -0.2) is 9.78 Å². The van der Waals surface area contributed by atoms with Crippen LogP contribution in [-0.4, -0.2) is 39.6 Å². The molecular formula is C24H21N3O5S. The first kappa shape index (κ1) is 22.3. The number of para-hydroxylation sites is 1. The average Bonchev–Trinajstić information content (AvgIpc) is 3.35. The van der Waals surface area contributed by atoms with Gasteiger partial charge in [-0.3, -0.25) is 19.3 Å². The number of aromatic nitrogens is 1. The lowest BCUT2D eigenvalue weighted by Crippen LogP contribution is -2.43. The molecule has 0 radical (unpaired) electrons. The van der Waals surface area contributed by atoms with Crippen LogP contribution < -0.4 is 5.32 Å². The molecule has 1 unspecified atom stereocenters. The van der Waals surface area contributed by atoms with Crippen LogP contribution in [0.4, 0.5) is 5.69 Å². The second-order valence-corrected chi connectivity index (χ2v) is 8.52. The Hall–Kier alpha value is -3.85. The van der Waals surface area contributed by atoms with Gasteiger partial charge in [-0.1, -0.05) is 30.3 Å². The molecule has 1 aromatic heterocycles. The van der Waals surface area contributed by atoms with Crippen molar-refractivity contribution in [1.29, 1.82) is 0 Å². The summed E-state index contributed by atoms with van der Waals surface area (Å²) in [7, 11) is 0. The Morgan fingerprint density at radius 2 is 1.70 bits per heavy atom. The molecular weight excluding hydrogens is 442 g/mol. The maximum Gasteiger partial charge on any atom is 0.329 e. The van der Waals surface area contributed by atoms with Crippen molar-refractivity contribution in [2.24, 2.45) is 0 Å². The third kappa shape index (κ3) is 4.68. The zero-order chi connectivity index (χ0) is 23.5. The molecule has 1 atom stereocenters. The van der Waals surface area contributed by atoms with Gasteiger partial charge in [0.05, 0.1) is 23.2 Å². The number of hydrogen-bond donors (Lipinski definition) is 1. The van der Waals surface area contributed by atoms with Gasteiger partial charge in [0.15, 0.2) is 0 Å². The van der Waals surface area contributed by atoms with Gasteiger partial charge in [0, 0.05) is 11.1 Å². The van der Waals surface area contributed by atoms with Gasteiger partial charge < -0.3 is 10.1 Å². The molecule has 0 bridgehead atoms. The van der Waals surface area contributed by atoms with E-state index in [1.54, 1.807) is 29.6 Å². The predicted octanol–water partition coefficient (Wildman–Crippen LogP) is 3.36. The van der Waals surface area contributed by atoms with Gasteiger partial charge in [0.1, 0.15) is 17.7 Å². The summed E-state index contributed by atoms with van der Waals surface area (Å²) in [6, 6.07) is 12.9. The summed E-state index contributed by atoms with van der Waals surface area (Å²) < 4.78 is 5.29. The minimum Gasteiger partial charge on any atom is -0.458 e. The minimum atomic E-state index is -1.07. The maximum absolute atomic E-state index is 12.5. The van der Waals surface area contributed by atoms with Crippen molar-refractivity contribution in [3.05, 3.63) is 81.3 Å². The molecule has 9 heteroatoms. The SMILES string of the molecule is Cc1ccccc1NC(=O)Cc1nc(COC(=O)C(C)N2C(=O)c3ccccc3C2=O)cs1. The van der Waals surface area contributed by atoms with Crippen LogP contribution >= 0.6 is 11.3 Å². The fourth-order valence-electron chi connectivity index (χ4n) is 3.47. The number of carbonyl (C=O) groups is 4. The highest BCUT2D eigenvalue weighted by molar-refractivity contribution is 7.09. The number of esters is 1. The summed E-state index contributed by atoms with van der Waals surface area (Å²) in [5.74, 6) is -1.94. The lowest BCUT2D eigenvalue weighted by Gasteiger charge is -2.20. The number of nitrogens with zero attached hydrogens (tertiary/aromatic N) is 2. The third-order valence-electron chi connectivity index (χ3n) is 5.25. The quantitative estimate of drug-likeness (QED) is 0.425. The van der Waals surface area contributed by atoms with Gasteiger partial charge in [-0.2, -0.15) is 0 Å². The number of rotatable bonds is 7. The Morgan fingerprint density at radius 3 is 2.36 bits per heavy atom. The molecule has 4 rings (SSSR count). The van der Waals surface area contributed by atoms with E-state index in [0.717, 1.165) is 16.2 Å². The van der Waals surface area contributed by atoms with Crippen molar-refractivity contribution in [1.82, 2.24) is 9.88 Å². The van der Waals surface area contributed by atoms with Gasteiger partial charge in [-0.05, 0) is 37.6 Å². The number of carbonyl (C=O) groups excluding carboxylic acids is 4. The molecule has 2 aromatic carbocycles. The average molecular weight is 464 g/mol. The van der Waals surface area contributed by atoms with Crippen molar-refractivity contribution >= 4 is 40.7 Å². The van der Waals surface area contributed by atoms with E-state index >= 15 is 0 Å². The second kappa shape index (κ2) is 9.33. The summed E-state index contributed by atoms with van der Waals surface area (Å²) in [6.07, 6.45) is 0.0956. The number of ether oxygens (including phenoxy) is 1. The Kier molecular flexibility index (Phi) is 6.32. The van der Waals surface area contributed by atoms with Crippen LogP contribution in [0, 0.1) is 6.92 Å². The first-order valence-electron chi connectivity index (χ1n) is 10.3. The van der Waals surface area contributed by atoms with Crippen LogP contribution in [0.2, 0.25) is 0 Å². The van der Waals surface area contributed by atoms with Crippen molar-refractivity contribution in [2.45, 2.75) is 32.9 Å². The highest BCUT2D eigenvalue weighted by Crippen LogP contribution is 2.25.